The molecule has 1 aromatic heterocycles. The molecule has 130 valence electrons. The molecule has 4 aromatic rings. The normalized spacial score (nSPS) is 11.0. The molecule has 1 amide bonds. The van der Waals surface area contributed by atoms with Crippen LogP contribution in [-0.4, -0.2) is 25.0 Å². The average Bonchev–Trinajstić information content (AvgIpc) is 3.11. The van der Waals surface area contributed by atoms with Crippen molar-refractivity contribution in [3.8, 4) is 5.75 Å². The number of hydrogen-bond acceptors (Lipinski definition) is 3. The zero-order valence-electron chi connectivity index (χ0n) is 14.7. The molecule has 0 saturated carbocycles. The van der Waals surface area contributed by atoms with Gasteiger partial charge in [-0.1, -0.05) is 36.4 Å². The summed E-state index contributed by atoms with van der Waals surface area (Å²) in [6.07, 6.45) is 0. The molecule has 1 heterocycles. The van der Waals surface area contributed by atoms with Gasteiger partial charge >= 0.3 is 0 Å². The fraction of sp³-hybridized carbons (Fsp3) is 0.136. The third kappa shape index (κ3) is 3.02. The number of ether oxygens (including phenoxy) is 1. The number of nitrogens with zero attached hydrogens (tertiary/aromatic N) is 1. The van der Waals surface area contributed by atoms with Gasteiger partial charge in [-0.2, -0.15) is 0 Å². The van der Waals surface area contributed by atoms with Crippen LogP contribution in [0.4, 0.5) is 0 Å². The molecule has 0 aliphatic heterocycles. The Hall–Kier alpha value is -3.27. The first-order valence-corrected chi connectivity index (χ1v) is 8.45. The molecule has 0 unspecified atom stereocenters. The highest BCUT2D eigenvalue weighted by atomic mass is 16.5. The summed E-state index contributed by atoms with van der Waals surface area (Å²) in [7, 11) is 3.45. The van der Waals surface area contributed by atoms with Gasteiger partial charge in [-0.25, -0.2) is 0 Å². The molecule has 0 spiro atoms. The van der Waals surface area contributed by atoms with Crippen LogP contribution < -0.4 is 4.74 Å². The van der Waals surface area contributed by atoms with Crippen LogP contribution in [0.3, 0.4) is 0 Å². The van der Waals surface area contributed by atoms with Gasteiger partial charge in [0.25, 0.3) is 5.91 Å². The topological polar surface area (TPSA) is 42.7 Å². The highest BCUT2D eigenvalue weighted by molar-refractivity contribution is 5.96. The van der Waals surface area contributed by atoms with E-state index in [0.29, 0.717) is 12.3 Å². The number of hydrogen-bond donors (Lipinski definition) is 0. The second kappa shape index (κ2) is 6.56. The lowest BCUT2D eigenvalue weighted by Crippen LogP contribution is -2.25. The fourth-order valence-corrected chi connectivity index (χ4v) is 3.12. The lowest BCUT2D eigenvalue weighted by Gasteiger charge is -2.16. The van der Waals surface area contributed by atoms with E-state index in [1.807, 2.05) is 54.6 Å². The van der Waals surface area contributed by atoms with Gasteiger partial charge in [0.05, 0.1) is 7.11 Å². The molecule has 4 heteroatoms. The fourth-order valence-electron chi connectivity index (χ4n) is 3.12. The van der Waals surface area contributed by atoms with E-state index in [1.165, 1.54) is 0 Å². The molecule has 0 N–H and O–H groups in total. The lowest BCUT2D eigenvalue weighted by atomic mass is 10.1. The maximum atomic E-state index is 12.7. The Labute approximate surface area is 151 Å². The molecule has 4 nitrogen and oxygen atoms in total. The summed E-state index contributed by atoms with van der Waals surface area (Å²) in [5.41, 5.74) is 1.79. The van der Waals surface area contributed by atoms with E-state index in [4.69, 9.17) is 9.15 Å². The van der Waals surface area contributed by atoms with Crippen LogP contribution >= 0.6 is 0 Å². The maximum absolute atomic E-state index is 12.7. The van der Waals surface area contributed by atoms with Gasteiger partial charge in [0, 0.05) is 19.0 Å². The standard InChI is InChI=1S/C22H19NO3/c1-23(22(24)21-13-18-5-3-4-6-20(18)26-21)14-15-7-8-17-12-19(25-2)10-9-16(17)11-15/h3-13H,14H2,1-2H3. The first kappa shape index (κ1) is 16.2. The van der Waals surface area contributed by atoms with Gasteiger partial charge < -0.3 is 14.1 Å². The van der Waals surface area contributed by atoms with Crippen LogP contribution in [0, 0.1) is 0 Å². The zero-order chi connectivity index (χ0) is 18.1. The van der Waals surface area contributed by atoms with Crippen molar-refractivity contribution >= 4 is 27.6 Å². The number of para-hydroxylation sites is 1. The zero-order valence-corrected chi connectivity index (χ0v) is 14.7. The summed E-state index contributed by atoms with van der Waals surface area (Å²) in [6.45, 7) is 0.512. The molecular formula is C22H19NO3. The van der Waals surface area contributed by atoms with Gasteiger partial charge in [0.1, 0.15) is 11.3 Å². The molecule has 0 bridgehead atoms. The first-order chi connectivity index (χ1) is 12.6. The second-order valence-electron chi connectivity index (χ2n) is 6.36. The third-order valence-electron chi connectivity index (χ3n) is 4.51. The molecule has 0 atom stereocenters. The number of benzene rings is 3. The summed E-state index contributed by atoms with van der Waals surface area (Å²) in [5.74, 6) is 1.07. The van der Waals surface area contributed by atoms with Crippen molar-refractivity contribution < 1.29 is 13.9 Å². The Kier molecular flexibility index (Phi) is 4.09. The molecule has 0 aliphatic carbocycles. The minimum Gasteiger partial charge on any atom is -0.497 e. The van der Waals surface area contributed by atoms with Crippen LogP contribution in [0.2, 0.25) is 0 Å². The number of carbonyl (C=O) groups is 1. The van der Waals surface area contributed by atoms with E-state index < -0.39 is 0 Å². The van der Waals surface area contributed by atoms with Crippen LogP contribution in [0.1, 0.15) is 16.1 Å². The van der Waals surface area contributed by atoms with E-state index in [0.717, 1.165) is 33.1 Å². The van der Waals surface area contributed by atoms with E-state index >= 15 is 0 Å². The average molecular weight is 345 g/mol. The number of methoxy groups -OCH3 is 1. The van der Waals surface area contributed by atoms with E-state index in [-0.39, 0.29) is 5.91 Å². The van der Waals surface area contributed by atoms with E-state index in [9.17, 15) is 4.79 Å². The quantitative estimate of drug-likeness (QED) is 0.530. The highest BCUT2D eigenvalue weighted by Crippen LogP contribution is 2.23. The molecule has 0 radical (unpaired) electrons. The summed E-state index contributed by atoms with van der Waals surface area (Å²) in [6, 6.07) is 21.6. The van der Waals surface area contributed by atoms with Crippen molar-refractivity contribution in [3.05, 3.63) is 78.1 Å². The molecular weight excluding hydrogens is 326 g/mol. The minimum absolute atomic E-state index is 0.129. The number of rotatable bonds is 4. The van der Waals surface area contributed by atoms with E-state index in [2.05, 4.69) is 6.07 Å². The van der Waals surface area contributed by atoms with Gasteiger partial charge in [0.15, 0.2) is 5.76 Å². The summed E-state index contributed by atoms with van der Waals surface area (Å²) in [4.78, 5) is 14.4. The Morgan fingerprint density at radius 3 is 2.54 bits per heavy atom. The van der Waals surface area contributed by atoms with Gasteiger partial charge in [-0.05, 0) is 46.7 Å². The van der Waals surface area contributed by atoms with E-state index in [1.54, 1.807) is 25.1 Å². The lowest BCUT2D eigenvalue weighted by molar-refractivity contribution is 0.0756. The summed E-state index contributed by atoms with van der Waals surface area (Å²) < 4.78 is 10.9. The SMILES string of the molecule is COc1ccc2cc(CN(C)C(=O)c3cc4ccccc4o3)ccc2c1. The number of carbonyl (C=O) groups excluding carboxylic acids is 1. The van der Waals surface area contributed by atoms with Gasteiger partial charge in [0.2, 0.25) is 0 Å². The molecule has 0 saturated heterocycles. The van der Waals surface area contributed by atoms with Crippen LogP contribution in [0.5, 0.6) is 5.75 Å². The van der Waals surface area contributed by atoms with Crippen LogP contribution in [0.15, 0.2) is 71.1 Å². The first-order valence-electron chi connectivity index (χ1n) is 8.45. The van der Waals surface area contributed by atoms with Crippen LogP contribution in [0.25, 0.3) is 21.7 Å². The summed E-state index contributed by atoms with van der Waals surface area (Å²) in [5, 5.41) is 3.16. The van der Waals surface area contributed by atoms with Crippen molar-refractivity contribution in [1.29, 1.82) is 0 Å². The van der Waals surface area contributed by atoms with Gasteiger partial charge in [-0.3, -0.25) is 4.79 Å². The van der Waals surface area contributed by atoms with Crippen molar-refractivity contribution in [2.75, 3.05) is 14.2 Å². The van der Waals surface area contributed by atoms with Gasteiger partial charge in [-0.15, -0.1) is 0 Å². The largest absolute Gasteiger partial charge is 0.497 e. The van der Waals surface area contributed by atoms with Crippen molar-refractivity contribution in [2.45, 2.75) is 6.54 Å². The molecule has 4 rings (SSSR count). The smallest absolute Gasteiger partial charge is 0.289 e. The third-order valence-corrected chi connectivity index (χ3v) is 4.51. The predicted octanol–water partition coefficient (Wildman–Crippen LogP) is 4.87. The maximum Gasteiger partial charge on any atom is 0.289 e. The highest BCUT2D eigenvalue weighted by Gasteiger charge is 2.17. The Bertz CT molecular complexity index is 1060. The number of furan rings is 1. The summed E-state index contributed by atoms with van der Waals surface area (Å²) >= 11 is 0. The monoisotopic (exact) mass is 345 g/mol. The van der Waals surface area contributed by atoms with Crippen molar-refractivity contribution in [1.82, 2.24) is 4.90 Å². The Balaban J connectivity index is 1.55. The second-order valence-corrected chi connectivity index (χ2v) is 6.36. The molecule has 0 aliphatic rings. The molecule has 26 heavy (non-hydrogen) atoms. The van der Waals surface area contributed by atoms with Crippen molar-refractivity contribution in [3.63, 3.8) is 0 Å². The predicted molar refractivity (Wildman–Crippen MR) is 103 cm³/mol. The number of amides is 1. The van der Waals surface area contributed by atoms with Crippen molar-refractivity contribution in [2.24, 2.45) is 0 Å². The van der Waals surface area contributed by atoms with Crippen LogP contribution in [-0.2, 0) is 6.54 Å². The Morgan fingerprint density at radius 1 is 0.962 bits per heavy atom. The molecule has 0 fully saturated rings. The minimum atomic E-state index is -0.129. The Morgan fingerprint density at radius 2 is 1.73 bits per heavy atom. The number of fused-ring (bicyclic) bond motifs is 2. The molecule has 3 aromatic carbocycles.